The highest BCUT2D eigenvalue weighted by Gasteiger charge is 2.11. The van der Waals surface area contributed by atoms with Crippen LogP contribution in [0.1, 0.15) is 12.5 Å². The van der Waals surface area contributed by atoms with E-state index in [0.717, 1.165) is 10.0 Å². The molecule has 0 saturated carbocycles. The molecule has 6 nitrogen and oxygen atoms in total. The quantitative estimate of drug-likeness (QED) is 0.633. The molecule has 0 radical (unpaired) electrons. The highest BCUT2D eigenvalue weighted by molar-refractivity contribution is 9.10. The molecule has 1 heterocycles. The number of nitro groups is 1. The first-order valence-electron chi connectivity index (χ1n) is 6.35. The van der Waals surface area contributed by atoms with E-state index in [9.17, 15) is 10.1 Å². The van der Waals surface area contributed by atoms with Gasteiger partial charge in [-0.05, 0) is 41.1 Å². The average molecular weight is 352 g/mol. The average Bonchev–Trinajstić information content (AvgIpc) is 2.48. The van der Waals surface area contributed by atoms with E-state index in [2.05, 4.69) is 26.2 Å². The van der Waals surface area contributed by atoms with Crippen molar-refractivity contribution >= 4 is 27.4 Å². The molecule has 1 aromatic heterocycles. The molecule has 21 heavy (non-hydrogen) atoms. The Morgan fingerprint density at radius 1 is 1.38 bits per heavy atom. The van der Waals surface area contributed by atoms with E-state index in [1.807, 2.05) is 19.1 Å². The minimum atomic E-state index is -0.420. The number of nitro benzene ring substituents is 1. The monoisotopic (exact) mass is 351 g/mol. The third kappa shape index (κ3) is 4.16. The fourth-order valence-corrected chi connectivity index (χ4v) is 2.01. The summed E-state index contributed by atoms with van der Waals surface area (Å²) in [5.41, 5.74) is 0.759. The topological polar surface area (TPSA) is 77.3 Å². The van der Waals surface area contributed by atoms with Crippen molar-refractivity contribution in [2.75, 3.05) is 11.9 Å². The number of hydrogen-bond donors (Lipinski definition) is 1. The van der Waals surface area contributed by atoms with Crippen LogP contribution in [0.15, 0.2) is 41.0 Å². The number of hydrogen-bond acceptors (Lipinski definition) is 5. The molecule has 0 atom stereocenters. The van der Waals surface area contributed by atoms with E-state index in [-0.39, 0.29) is 5.69 Å². The van der Waals surface area contributed by atoms with Crippen LogP contribution in [0, 0.1) is 10.1 Å². The molecule has 0 spiro atoms. The number of anilines is 1. The van der Waals surface area contributed by atoms with Crippen LogP contribution in [-0.4, -0.2) is 16.5 Å². The van der Waals surface area contributed by atoms with Crippen molar-refractivity contribution in [3.8, 4) is 5.75 Å². The fraction of sp³-hybridized carbons (Fsp3) is 0.214. The summed E-state index contributed by atoms with van der Waals surface area (Å²) in [7, 11) is 0. The zero-order valence-corrected chi connectivity index (χ0v) is 13.0. The molecular weight excluding hydrogens is 338 g/mol. The summed E-state index contributed by atoms with van der Waals surface area (Å²) in [4.78, 5) is 14.6. The predicted molar refractivity (Wildman–Crippen MR) is 83.5 cm³/mol. The van der Waals surface area contributed by atoms with Crippen LogP contribution in [0.3, 0.4) is 0 Å². The zero-order chi connectivity index (χ0) is 15.2. The van der Waals surface area contributed by atoms with E-state index in [1.54, 1.807) is 12.3 Å². The Morgan fingerprint density at radius 2 is 2.19 bits per heavy atom. The smallest absolute Gasteiger partial charge is 0.270 e. The number of aromatic nitrogens is 1. The molecule has 1 aromatic carbocycles. The second-order valence-electron chi connectivity index (χ2n) is 4.20. The SMILES string of the molecule is CCOc1ccc([N+](=O)[O-])cc1CNc1ccc(Br)cn1. The summed E-state index contributed by atoms with van der Waals surface area (Å²) in [6.45, 7) is 2.77. The molecule has 7 heteroatoms. The van der Waals surface area contributed by atoms with Gasteiger partial charge in [-0.25, -0.2) is 4.98 Å². The van der Waals surface area contributed by atoms with Gasteiger partial charge in [0.05, 0.1) is 11.5 Å². The first-order chi connectivity index (χ1) is 10.1. The molecule has 0 bridgehead atoms. The van der Waals surface area contributed by atoms with Gasteiger partial charge in [0.2, 0.25) is 0 Å². The minimum absolute atomic E-state index is 0.0408. The van der Waals surface area contributed by atoms with Gasteiger partial charge < -0.3 is 10.1 Å². The Kier molecular flexibility index (Phi) is 5.10. The fourth-order valence-electron chi connectivity index (χ4n) is 1.78. The van der Waals surface area contributed by atoms with Crippen LogP contribution < -0.4 is 10.1 Å². The number of benzene rings is 1. The molecule has 0 amide bonds. The minimum Gasteiger partial charge on any atom is -0.494 e. The van der Waals surface area contributed by atoms with Crippen LogP contribution in [0.4, 0.5) is 11.5 Å². The van der Waals surface area contributed by atoms with Crippen molar-refractivity contribution in [2.45, 2.75) is 13.5 Å². The molecule has 0 saturated heterocycles. The van der Waals surface area contributed by atoms with Crippen LogP contribution >= 0.6 is 15.9 Å². The van der Waals surface area contributed by atoms with E-state index in [1.165, 1.54) is 12.1 Å². The van der Waals surface area contributed by atoms with Crippen LogP contribution in [0.25, 0.3) is 0 Å². The van der Waals surface area contributed by atoms with Gasteiger partial charge in [0, 0.05) is 34.9 Å². The molecular formula is C14H14BrN3O3. The predicted octanol–water partition coefficient (Wildman–Crippen LogP) is 3.76. The van der Waals surface area contributed by atoms with Gasteiger partial charge in [0.1, 0.15) is 11.6 Å². The second-order valence-corrected chi connectivity index (χ2v) is 5.11. The van der Waals surface area contributed by atoms with Crippen molar-refractivity contribution in [3.05, 3.63) is 56.7 Å². The maximum atomic E-state index is 10.9. The highest BCUT2D eigenvalue weighted by atomic mass is 79.9. The number of non-ortho nitro benzene ring substituents is 1. The van der Waals surface area contributed by atoms with Crippen molar-refractivity contribution in [3.63, 3.8) is 0 Å². The van der Waals surface area contributed by atoms with Gasteiger partial charge in [-0.15, -0.1) is 0 Å². The van der Waals surface area contributed by atoms with Gasteiger partial charge in [-0.3, -0.25) is 10.1 Å². The summed E-state index contributed by atoms with van der Waals surface area (Å²) < 4.78 is 6.38. The number of nitrogens with zero attached hydrogens (tertiary/aromatic N) is 2. The number of halogens is 1. The standard InChI is InChI=1S/C14H14BrN3O3/c1-2-21-13-5-4-12(18(19)20)7-10(13)8-16-14-6-3-11(15)9-17-14/h3-7,9H,2,8H2,1H3,(H,16,17). The number of ether oxygens (including phenoxy) is 1. The summed E-state index contributed by atoms with van der Waals surface area (Å²) in [6, 6.07) is 8.25. The van der Waals surface area contributed by atoms with E-state index >= 15 is 0 Å². The molecule has 0 aliphatic carbocycles. The number of rotatable bonds is 6. The van der Waals surface area contributed by atoms with Gasteiger partial charge in [0.15, 0.2) is 0 Å². The lowest BCUT2D eigenvalue weighted by Crippen LogP contribution is -2.05. The van der Waals surface area contributed by atoms with Gasteiger partial charge in [-0.2, -0.15) is 0 Å². The molecule has 0 aliphatic rings. The molecule has 1 N–H and O–H groups in total. The van der Waals surface area contributed by atoms with Crippen LogP contribution in [-0.2, 0) is 6.54 Å². The molecule has 2 aromatic rings. The third-order valence-electron chi connectivity index (χ3n) is 2.74. The van der Waals surface area contributed by atoms with Crippen molar-refractivity contribution < 1.29 is 9.66 Å². The molecule has 110 valence electrons. The van der Waals surface area contributed by atoms with E-state index < -0.39 is 4.92 Å². The lowest BCUT2D eigenvalue weighted by Gasteiger charge is -2.11. The third-order valence-corrected chi connectivity index (χ3v) is 3.21. The Bertz CT molecular complexity index is 632. The Labute approximate surface area is 130 Å². The number of nitrogens with one attached hydrogen (secondary N) is 1. The summed E-state index contributed by atoms with van der Waals surface area (Å²) in [5, 5.41) is 14.0. The van der Waals surface area contributed by atoms with Crippen molar-refractivity contribution in [1.29, 1.82) is 0 Å². The Hall–Kier alpha value is -2.15. The normalized spacial score (nSPS) is 10.2. The second kappa shape index (κ2) is 7.03. The maximum absolute atomic E-state index is 10.9. The Balaban J connectivity index is 2.17. The number of pyridine rings is 1. The molecule has 0 fully saturated rings. The molecule has 0 unspecified atom stereocenters. The van der Waals surface area contributed by atoms with Crippen LogP contribution in [0.2, 0.25) is 0 Å². The molecule has 0 aliphatic heterocycles. The lowest BCUT2D eigenvalue weighted by molar-refractivity contribution is -0.384. The highest BCUT2D eigenvalue weighted by Crippen LogP contribution is 2.25. The first-order valence-corrected chi connectivity index (χ1v) is 7.15. The summed E-state index contributed by atoms with van der Waals surface area (Å²) in [6.07, 6.45) is 1.68. The largest absolute Gasteiger partial charge is 0.494 e. The van der Waals surface area contributed by atoms with Gasteiger partial charge in [-0.1, -0.05) is 0 Å². The summed E-state index contributed by atoms with van der Waals surface area (Å²) >= 11 is 3.31. The van der Waals surface area contributed by atoms with Crippen LogP contribution in [0.5, 0.6) is 5.75 Å². The Morgan fingerprint density at radius 3 is 2.81 bits per heavy atom. The summed E-state index contributed by atoms with van der Waals surface area (Å²) in [5.74, 6) is 1.32. The van der Waals surface area contributed by atoms with E-state index in [0.29, 0.717) is 24.7 Å². The van der Waals surface area contributed by atoms with Gasteiger partial charge in [0.25, 0.3) is 5.69 Å². The lowest BCUT2D eigenvalue weighted by atomic mass is 10.1. The molecule has 2 rings (SSSR count). The van der Waals surface area contributed by atoms with Crippen molar-refractivity contribution in [2.24, 2.45) is 0 Å². The van der Waals surface area contributed by atoms with E-state index in [4.69, 9.17) is 4.74 Å². The first kappa shape index (κ1) is 15.2. The zero-order valence-electron chi connectivity index (χ0n) is 11.4. The van der Waals surface area contributed by atoms with Crippen molar-refractivity contribution in [1.82, 2.24) is 4.98 Å². The van der Waals surface area contributed by atoms with Gasteiger partial charge >= 0.3 is 0 Å². The maximum Gasteiger partial charge on any atom is 0.270 e.